The molecule has 11 heteroatoms. The molecular weight excluding hydrogens is 371 g/mol. The SMILES string of the molecule is O=C(c1ccco1)N1CCN(C(=O)c2cc([N+](=O)[O-])c(F)c(F)c2F)CC1. The zero-order valence-corrected chi connectivity index (χ0v) is 13.7. The molecule has 1 aromatic heterocycles. The van der Waals surface area contributed by atoms with Crippen molar-refractivity contribution in [1.82, 2.24) is 9.80 Å². The van der Waals surface area contributed by atoms with Gasteiger partial charge < -0.3 is 14.2 Å². The van der Waals surface area contributed by atoms with Crippen LogP contribution < -0.4 is 0 Å². The van der Waals surface area contributed by atoms with E-state index in [4.69, 9.17) is 4.42 Å². The molecule has 0 unspecified atom stereocenters. The number of nitrogens with zero attached hydrogens (tertiary/aromatic N) is 3. The van der Waals surface area contributed by atoms with E-state index in [0.717, 1.165) is 4.90 Å². The first kappa shape index (κ1) is 18.4. The molecule has 2 aromatic rings. The molecule has 0 atom stereocenters. The quantitative estimate of drug-likeness (QED) is 0.460. The molecule has 2 amide bonds. The maximum atomic E-state index is 13.9. The smallest absolute Gasteiger partial charge is 0.308 e. The fraction of sp³-hybridized carbons (Fsp3) is 0.250. The second kappa shape index (κ2) is 7.09. The minimum atomic E-state index is -2.08. The number of carbonyl (C=O) groups is 2. The lowest BCUT2D eigenvalue weighted by Gasteiger charge is -2.34. The lowest BCUT2D eigenvalue weighted by atomic mass is 10.1. The number of piperazine rings is 1. The van der Waals surface area contributed by atoms with Crippen molar-refractivity contribution in [1.29, 1.82) is 0 Å². The molecule has 0 aliphatic carbocycles. The highest BCUT2D eigenvalue weighted by Crippen LogP contribution is 2.26. The average Bonchev–Trinajstić information content (AvgIpc) is 3.20. The van der Waals surface area contributed by atoms with Crippen LogP contribution in [0, 0.1) is 27.6 Å². The van der Waals surface area contributed by atoms with E-state index in [1.165, 1.54) is 17.2 Å². The molecule has 142 valence electrons. The van der Waals surface area contributed by atoms with Crippen LogP contribution in [-0.4, -0.2) is 52.7 Å². The molecule has 3 rings (SSSR count). The zero-order valence-electron chi connectivity index (χ0n) is 13.7. The lowest BCUT2D eigenvalue weighted by molar-refractivity contribution is -0.387. The van der Waals surface area contributed by atoms with Gasteiger partial charge in [0, 0.05) is 32.2 Å². The van der Waals surface area contributed by atoms with E-state index >= 15 is 0 Å². The van der Waals surface area contributed by atoms with Crippen LogP contribution in [0.2, 0.25) is 0 Å². The second-order valence-corrected chi connectivity index (χ2v) is 5.70. The first-order valence-electron chi connectivity index (χ1n) is 7.75. The van der Waals surface area contributed by atoms with E-state index in [1.807, 2.05) is 0 Å². The maximum absolute atomic E-state index is 13.9. The van der Waals surface area contributed by atoms with Crippen molar-refractivity contribution < 1.29 is 32.1 Å². The van der Waals surface area contributed by atoms with Gasteiger partial charge >= 0.3 is 5.69 Å². The Bertz CT molecular complexity index is 909. The molecule has 0 radical (unpaired) electrons. The normalized spacial score (nSPS) is 14.3. The monoisotopic (exact) mass is 383 g/mol. The van der Waals surface area contributed by atoms with Crippen molar-refractivity contribution in [3.8, 4) is 0 Å². The summed E-state index contributed by atoms with van der Waals surface area (Å²) in [6.07, 6.45) is 1.34. The molecule has 2 heterocycles. The Morgan fingerprint density at radius 2 is 1.59 bits per heavy atom. The number of hydrogen-bond acceptors (Lipinski definition) is 5. The molecule has 1 fully saturated rings. The van der Waals surface area contributed by atoms with Gasteiger partial charge in [0.1, 0.15) is 0 Å². The highest BCUT2D eigenvalue weighted by Gasteiger charge is 2.32. The maximum Gasteiger partial charge on any atom is 0.308 e. The van der Waals surface area contributed by atoms with Gasteiger partial charge in [0.15, 0.2) is 11.6 Å². The van der Waals surface area contributed by atoms with Crippen molar-refractivity contribution in [2.75, 3.05) is 26.2 Å². The molecular formula is C16H12F3N3O5. The number of halogens is 3. The largest absolute Gasteiger partial charge is 0.459 e. The van der Waals surface area contributed by atoms with Crippen LogP contribution in [0.5, 0.6) is 0 Å². The Morgan fingerprint density at radius 3 is 2.11 bits per heavy atom. The Hall–Kier alpha value is -3.37. The molecule has 0 N–H and O–H groups in total. The van der Waals surface area contributed by atoms with E-state index in [2.05, 4.69) is 0 Å². The Balaban J connectivity index is 1.76. The summed E-state index contributed by atoms with van der Waals surface area (Å²) < 4.78 is 46.0. The molecule has 0 saturated carbocycles. The first-order valence-corrected chi connectivity index (χ1v) is 7.75. The number of amides is 2. The Morgan fingerprint density at radius 1 is 1.00 bits per heavy atom. The van der Waals surface area contributed by atoms with Crippen LogP contribution in [0.3, 0.4) is 0 Å². The van der Waals surface area contributed by atoms with E-state index < -0.39 is 39.5 Å². The van der Waals surface area contributed by atoms with Crippen molar-refractivity contribution in [2.24, 2.45) is 0 Å². The van der Waals surface area contributed by atoms with Gasteiger partial charge in [-0.3, -0.25) is 19.7 Å². The third-order valence-corrected chi connectivity index (χ3v) is 4.14. The van der Waals surface area contributed by atoms with Gasteiger partial charge in [-0.15, -0.1) is 0 Å². The number of nitro benzene ring substituents is 1. The second-order valence-electron chi connectivity index (χ2n) is 5.70. The molecule has 0 spiro atoms. The third kappa shape index (κ3) is 3.35. The molecule has 0 bridgehead atoms. The van der Waals surface area contributed by atoms with Gasteiger partial charge in [-0.2, -0.15) is 4.39 Å². The molecule has 1 aromatic carbocycles. The summed E-state index contributed by atoms with van der Waals surface area (Å²) >= 11 is 0. The fourth-order valence-corrected chi connectivity index (χ4v) is 2.72. The van der Waals surface area contributed by atoms with Gasteiger partial charge in [0.25, 0.3) is 11.8 Å². The molecule has 8 nitrogen and oxygen atoms in total. The van der Waals surface area contributed by atoms with E-state index in [-0.39, 0.29) is 37.8 Å². The van der Waals surface area contributed by atoms with Crippen molar-refractivity contribution >= 4 is 17.5 Å². The van der Waals surface area contributed by atoms with Crippen LogP contribution in [0.4, 0.5) is 18.9 Å². The summed E-state index contributed by atoms with van der Waals surface area (Å²) in [6.45, 7) is 0.159. The van der Waals surface area contributed by atoms with Crippen molar-refractivity contribution in [3.63, 3.8) is 0 Å². The van der Waals surface area contributed by atoms with Crippen molar-refractivity contribution in [3.05, 3.63) is 63.4 Å². The van der Waals surface area contributed by atoms with Crippen molar-refractivity contribution in [2.45, 2.75) is 0 Å². The van der Waals surface area contributed by atoms with Gasteiger partial charge in [0.05, 0.1) is 16.7 Å². The average molecular weight is 383 g/mol. The Labute approximate surface area is 149 Å². The van der Waals surface area contributed by atoms with Crippen LogP contribution in [0.25, 0.3) is 0 Å². The minimum Gasteiger partial charge on any atom is -0.459 e. The molecule has 1 aliphatic rings. The van der Waals surface area contributed by atoms with Crippen LogP contribution in [0.15, 0.2) is 28.9 Å². The summed E-state index contributed by atoms with van der Waals surface area (Å²) in [6, 6.07) is 3.40. The standard InChI is InChI=1S/C16H12F3N3O5/c17-12-9(8-10(22(25)26)13(18)14(12)19)15(23)20-3-5-21(6-4-20)16(24)11-2-1-7-27-11/h1-2,7-8H,3-6H2. The highest BCUT2D eigenvalue weighted by atomic mass is 19.2. The predicted octanol–water partition coefficient (Wildman–Crippen LogP) is 2.20. The fourth-order valence-electron chi connectivity index (χ4n) is 2.72. The van der Waals surface area contributed by atoms with Gasteiger partial charge in [-0.05, 0) is 12.1 Å². The number of rotatable bonds is 3. The van der Waals surface area contributed by atoms with E-state index in [0.29, 0.717) is 6.07 Å². The summed E-state index contributed by atoms with van der Waals surface area (Å²) in [5.41, 5.74) is -2.27. The van der Waals surface area contributed by atoms with E-state index in [9.17, 15) is 32.9 Å². The van der Waals surface area contributed by atoms with Gasteiger partial charge in [-0.25, -0.2) is 8.78 Å². The highest BCUT2D eigenvalue weighted by molar-refractivity contribution is 5.96. The summed E-state index contributed by atoms with van der Waals surface area (Å²) in [4.78, 5) is 36.6. The van der Waals surface area contributed by atoms with Crippen LogP contribution in [0.1, 0.15) is 20.9 Å². The number of furan rings is 1. The Kier molecular flexibility index (Phi) is 4.84. The third-order valence-electron chi connectivity index (χ3n) is 4.14. The summed E-state index contributed by atoms with van der Waals surface area (Å²) in [7, 11) is 0. The predicted molar refractivity (Wildman–Crippen MR) is 83.5 cm³/mol. The number of hydrogen-bond donors (Lipinski definition) is 0. The topological polar surface area (TPSA) is 96.9 Å². The van der Waals surface area contributed by atoms with Gasteiger partial charge in [0.2, 0.25) is 11.6 Å². The summed E-state index contributed by atoms with van der Waals surface area (Å²) in [5, 5.41) is 10.8. The van der Waals surface area contributed by atoms with Crippen LogP contribution in [-0.2, 0) is 0 Å². The molecule has 1 saturated heterocycles. The van der Waals surface area contributed by atoms with Crippen LogP contribution >= 0.6 is 0 Å². The first-order chi connectivity index (χ1) is 12.8. The number of carbonyl (C=O) groups excluding carboxylic acids is 2. The number of nitro groups is 1. The number of benzene rings is 1. The summed E-state index contributed by atoms with van der Waals surface area (Å²) in [5.74, 6) is -7.14. The molecule has 1 aliphatic heterocycles. The van der Waals surface area contributed by atoms with Gasteiger partial charge in [-0.1, -0.05) is 0 Å². The zero-order chi connectivity index (χ0) is 19.7. The molecule has 27 heavy (non-hydrogen) atoms. The lowest BCUT2D eigenvalue weighted by Crippen LogP contribution is -2.50. The minimum absolute atomic E-state index is 0.0164. The van der Waals surface area contributed by atoms with E-state index in [1.54, 1.807) is 6.07 Å².